The van der Waals surface area contributed by atoms with Gasteiger partial charge in [-0.15, -0.1) is 0 Å². The number of nitrogens with one attached hydrogen (secondary N) is 2. The number of halogens is 1. The van der Waals surface area contributed by atoms with Crippen LogP contribution in [0, 0.1) is 3.57 Å². The summed E-state index contributed by atoms with van der Waals surface area (Å²) in [5, 5.41) is 0.849. The van der Waals surface area contributed by atoms with Crippen molar-refractivity contribution in [3.05, 3.63) is 58.3 Å². The molecule has 20 heavy (non-hydrogen) atoms. The Labute approximate surface area is 130 Å². The van der Waals surface area contributed by atoms with Crippen LogP contribution in [0.5, 0.6) is 0 Å². The van der Waals surface area contributed by atoms with Gasteiger partial charge in [0.25, 0.3) is 10.0 Å². The van der Waals surface area contributed by atoms with Crippen molar-refractivity contribution in [1.82, 2.24) is 4.98 Å². The third-order valence-electron chi connectivity index (χ3n) is 2.97. The third-order valence-corrected chi connectivity index (χ3v) is 5.70. The second-order valence-electron chi connectivity index (χ2n) is 4.28. The molecule has 0 saturated heterocycles. The van der Waals surface area contributed by atoms with Gasteiger partial charge in [0.15, 0.2) is 0 Å². The van der Waals surface area contributed by atoms with E-state index in [0.717, 1.165) is 10.9 Å². The lowest BCUT2D eigenvalue weighted by atomic mass is 10.2. The number of anilines is 1. The van der Waals surface area contributed by atoms with Crippen LogP contribution in [0.15, 0.2) is 59.6 Å². The van der Waals surface area contributed by atoms with Crippen LogP contribution in [-0.2, 0) is 10.0 Å². The molecular formula is C14H11IN2O2S. The summed E-state index contributed by atoms with van der Waals surface area (Å²) < 4.78 is 28.3. The van der Waals surface area contributed by atoms with Crippen LogP contribution >= 0.6 is 22.6 Å². The van der Waals surface area contributed by atoms with E-state index < -0.39 is 10.0 Å². The quantitative estimate of drug-likeness (QED) is 0.663. The van der Waals surface area contributed by atoms with Gasteiger partial charge in [-0.2, -0.15) is 0 Å². The molecule has 0 atom stereocenters. The van der Waals surface area contributed by atoms with Gasteiger partial charge >= 0.3 is 0 Å². The average molecular weight is 398 g/mol. The van der Waals surface area contributed by atoms with E-state index in [0.29, 0.717) is 9.26 Å². The Hall–Kier alpha value is -1.54. The second-order valence-corrected chi connectivity index (χ2v) is 7.09. The molecule has 0 fully saturated rings. The molecule has 2 aromatic carbocycles. The highest BCUT2D eigenvalue weighted by Gasteiger charge is 2.18. The smallest absolute Gasteiger partial charge is 0.262 e. The van der Waals surface area contributed by atoms with Crippen LogP contribution < -0.4 is 4.72 Å². The van der Waals surface area contributed by atoms with Crippen molar-refractivity contribution in [2.75, 3.05) is 4.72 Å². The lowest BCUT2D eigenvalue weighted by Crippen LogP contribution is -2.14. The lowest BCUT2D eigenvalue weighted by molar-refractivity contribution is 0.601. The summed E-state index contributed by atoms with van der Waals surface area (Å²) >= 11 is 2.02. The van der Waals surface area contributed by atoms with Crippen molar-refractivity contribution in [3.8, 4) is 0 Å². The Morgan fingerprint density at radius 2 is 1.80 bits per heavy atom. The minimum atomic E-state index is -3.58. The van der Waals surface area contributed by atoms with E-state index in [4.69, 9.17) is 0 Å². The van der Waals surface area contributed by atoms with Gasteiger partial charge in [0.1, 0.15) is 4.90 Å². The fourth-order valence-corrected chi connectivity index (χ4v) is 4.45. The molecule has 3 rings (SSSR count). The van der Waals surface area contributed by atoms with E-state index in [-0.39, 0.29) is 4.90 Å². The van der Waals surface area contributed by atoms with Gasteiger partial charge in [-0.3, -0.25) is 4.72 Å². The van der Waals surface area contributed by atoms with Gasteiger partial charge in [-0.25, -0.2) is 8.42 Å². The van der Waals surface area contributed by atoms with Crippen LogP contribution in [0.4, 0.5) is 5.69 Å². The molecule has 4 nitrogen and oxygen atoms in total. The number of aromatic amines is 1. The highest BCUT2D eigenvalue weighted by Crippen LogP contribution is 2.26. The first kappa shape index (κ1) is 13.4. The van der Waals surface area contributed by atoms with E-state index in [1.165, 1.54) is 0 Å². The third kappa shape index (κ3) is 2.40. The Balaban J connectivity index is 2.06. The fraction of sp³-hybridized carbons (Fsp3) is 0. The zero-order valence-electron chi connectivity index (χ0n) is 10.3. The van der Waals surface area contributed by atoms with Gasteiger partial charge in [-0.05, 0) is 52.9 Å². The summed E-state index contributed by atoms with van der Waals surface area (Å²) in [5.41, 5.74) is 1.47. The molecule has 102 valence electrons. The average Bonchev–Trinajstić information content (AvgIpc) is 2.88. The first-order valence-electron chi connectivity index (χ1n) is 5.91. The molecule has 0 spiro atoms. The SMILES string of the molecule is O=S(=O)(Nc1cccc2[nH]ccc12)c1ccccc1I. The van der Waals surface area contributed by atoms with Crippen molar-refractivity contribution in [2.45, 2.75) is 4.90 Å². The summed E-state index contributed by atoms with van der Waals surface area (Å²) in [4.78, 5) is 3.35. The number of hydrogen-bond acceptors (Lipinski definition) is 2. The van der Waals surface area contributed by atoms with Crippen LogP contribution in [0.2, 0.25) is 0 Å². The number of benzene rings is 2. The maximum Gasteiger partial charge on any atom is 0.262 e. The van der Waals surface area contributed by atoms with Gasteiger partial charge < -0.3 is 4.98 Å². The predicted octanol–water partition coefficient (Wildman–Crippen LogP) is 3.57. The van der Waals surface area contributed by atoms with Crippen molar-refractivity contribution in [2.24, 2.45) is 0 Å². The zero-order chi connectivity index (χ0) is 14.2. The molecule has 0 aliphatic rings. The van der Waals surface area contributed by atoms with E-state index in [9.17, 15) is 8.42 Å². The summed E-state index contributed by atoms with van der Waals surface area (Å²) in [7, 11) is -3.58. The normalized spacial score (nSPS) is 11.7. The molecule has 0 radical (unpaired) electrons. The number of sulfonamides is 1. The molecule has 1 heterocycles. The lowest BCUT2D eigenvalue weighted by Gasteiger charge is -2.10. The van der Waals surface area contributed by atoms with E-state index >= 15 is 0 Å². The molecule has 0 amide bonds. The zero-order valence-corrected chi connectivity index (χ0v) is 13.3. The predicted molar refractivity (Wildman–Crippen MR) is 88.3 cm³/mol. The Bertz CT molecular complexity index is 872. The van der Waals surface area contributed by atoms with Crippen molar-refractivity contribution in [1.29, 1.82) is 0 Å². The number of rotatable bonds is 3. The number of aromatic nitrogens is 1. The van der Waals surface area contributed by atoms with Gasteiger partial charge in [-0.1, -0.05) is 18.2 Å². The summed E-state index contributed by atoms with van der Waals surface area (Å²) in [6.45, 7) is 0. The number of H-pyrrole nitrogens is 1. The molecule has 3 aromatic rings. The molecule has 0 aliphatic heterocycles. The van der Waals surface area contributed by atoms with Gasteiger partial charge in [0, 0.05) is 20.7 Å². The van der Waals surface area contributed by atoms with Crippen molar-refractivity contribution < 1.29 is 8.42 Å². The van der Waals surface area contributed by atoms with Crippen LogP contribution in [0.3, 0.4) is 0 Å². The highest BCUT2D eigenvalue weighted by molar-refractivity contribution is 14.1. The molecule has 0 saturated carbocycles. The first-order valence-corrected chi connectivity index (χ1v) is 8.47. The highest BCUT2D eigenvalue weighted by atomic mass is 127. The van der Waals surface area contributed by atoms with E-state index in [1.807, 2.05) is 46.9 Å². The van der Waals surface area contributed by atoms with Gasteiger partial charge in [0.05, 0.1) is 5.69 Å². The molecule has 6 heteroatoms. The molecule has 2 N–H and O–H groups in total. The largest absolute Gasteiger partial charge is 0.361 e. The molecule has 1 aromatic heterocycles. The summed E-state index contributed by atoms with van der Waals surface area (Å²) in [6.07, 6.45) is 1.79. The molecular weight excluding hydrogens is 387 g/mol. The fourth-order valence-electron chi connectivity index (χ4n) is 2.04. The topological polar surface area (TPSA) is 62.0 Å². The number of hydrogen-bond donors (Lipinski definition) is 2. The summed E-state index contributed by atoms with van der Waals surface area (Å²) in [6, 6.07) is 14.2. The van der Waals surface area contributed by atoms with Crippen LogP contribution in [0.1, 0.15) is 0 Å². The molecule has 0 unspecified atom stereocenters. The minimum absolute atomic E-state index is 0.285. The Kier molecular flexibility index (Phi) is 3.43. The first-order chi connectivity index (χ1) is 9.58. The summed E-state index contributed by atoms with van der Waals surface area (Å²) in [5.74, 6) is 0. The molecule has 0 aliphatic carbocycles. The Morgan fingerprint density at radius 3 is 2.60 bits per heavy atom. The maximum atomic E-state index is 12.5. The Morgan fingerprint density at radius 1 is 1.00 bits per heavy atom. The maximum absolute atomic E-state index is 12.5. The standard InChI is InChI=1S/C14H11IN2O2S/c15-11-4-1-2-7-14(11)20(18,19)17-13-6-3-5-12-10(13)8-9-16-12/h1-9,16-17H. The van der Waals surface area contributed by atoms with Crippen molar-refractivity contribution >= 4 is 49.2 Å². The van der Waals surface area contributed by atoms with Crippen LogP contribution in [-0.4, -0.2) is 13.4 Å². The number of fused-ring (bicyclic) bond motifs is 1. The van der Waals surface area contributed by atoms with Crippen molar-refractivity contribution in [3.63, 3.8) is 0 Å². The monoisotopic (exact) mass is 398 g/mol. The van der Waals surface area contributed by atoms with E-state index in [2.05, 4.69) is 9.71 Å². The van der Waals surface area contributed by atoms with Gasteiger partial charge in [0.2, 0.25) is 0 Å². The second kappa shape index (κ2) is 5.10. The minimum Gasteiger partial charge on any atom is -0.361 e. The van der Waals surface area contributed by atoms with Crippen LogP contribution in [0.25, 0.3) is 10.9 Å². The van der Waals surface area contributed by atoms with E-state index in [1.54, 1.807) is 30.5 Å². The molecule has 0 bridgehead atoms.